The summed E-state index contributed by atoms with van der Waals surface area (Å²) in [5, 5.41) is 5.94. The van der Waals surface area contributed by atoms with E-state index in [1.54, 1.807) is 18.2 Å². The van der Waals surface area contributed by atoms with Gasteiger partial charge in [-0.05, 0) is 99.1 Å². The number of benzene rings is 3. The number of rotatable bonds is 6. The SMILES string of the molecule is CC[C@@H](C)Oc1cccc(C(=O)NC(=S)Nc2ccc3oc(-c4ccc(C)c(C)c4)nc3c2)c1. The first-order chi connectivity index (χ1) is 16.3. The van der Waals surface area contributed by atoms with Crippen LogP contribution in [-0.2, 0) is 0 Å². The van der Waals surface area contributed by atoms with Crippen molar-refractivity contribution in [3.05, 3.63) is 77.4 Å². The molecule has 34 heavy (non-hydrogen) atoms. The number of nitrogens with zero attached hydrogens (tertiary/aromatic N) is 1. The molecule has 4 aromatic rings. The quantitative estimate of drug-likeness (QED) is 0.315. The van der Waals surface area contributed by atoms with Gasteiger partial charge in [-0.25, -0.2) is 4.98 Å². The van der Waals surface area contributed by atoms with E-state index in [0.29, 0.717) is 34.0 Å². The van der Waals surface area contributed by atoms with Crippen LogP contribution in [-0.4, -0.2) is 22.1 Å². The number of ether oxygens (including phenoxy) is 1. The normalized spacial score (nSPS) is 11.8. The lowest BCUT2D eigenvalue weighted by Crippen LogP contribution is -2.34. The summed E-state index contributed by atoms with van der Waals surface area (Å²) in [6.07, 6.45) is 0.954. The average molecular weight is 474 g/mol. The number of aromatic nitrogens is 1. The number of carbonyl (C=O) groups excluding carboxylic acids is 1. The number of anilines is 1. The molecule has 6 nitrogen and oxygen atoms in total. The molecule has 2 N–H and O–H groups in total. The van der Waals surface area contributed by atoms with Crippen molar-refractivity contribution in [1.82, 2.24) is 10.3 Å². The van der Waals surface area contributed by atoms with Gasteiger partial charge in [-0.1, -0.05) is 19.1 Å². The molecule has 0 saturated heterocycles. The molecule has 174 valence electrons. The van der Waals surface area contributed by atoms with E-state index in [-0.39, 0.29) is 17.1 Å². The van der Waals surface area contributed by atoms with Crippen LogP contribution in [0, 0.1) is 13.8 Å². The van der Waals surface area contributed by atoms with Crippen molar-refractivity contribution in [1.29, 1.82) is 0 Å². The first kappa shape index (κ1) is 23.4. The Morgan fingerprint density at radius 2 is 1.91 bits per heavy atom. The Bertz CT molecular complexity index is 1360. The topological polar surface area (TPSA) is 76.4 Å². The van der Waals surface area contributed by atoms with Crippen molar-refractivity contribution in [2.45, 2.75) is 40.2 Å². The summed E-state index contributed by atoms with van der Waals surface area (Å²) in [5.41, 5.74) is 5.86. The van der Waals surface area contributed by atoms with Crippen LogP contribution < -0.4 is 15.4 Å². The van der Waals surface area contributed by atoms with Crippen molar-refractivity contribution in [3.63, 3.8) is 0 Å². The zero-order valence-corrected chi connectivity index (χ0v) is 20.5. The Morgan fingerprint density at radius 1 is 1.09 bits per heavy atom. The Hall–Kier alpha value is -3.71. The maximum atomic E-state index is 12.7. The van der Waals surface area contributed by atoms with E-state index in [2.05, 4.69) is 41.6 Å². The number of fused-ring (bicyclic) bond motifs is 1. The minimum atomic E-state index is -0.313. The molecule has 0 fully saturated rings. The maximum Gasteiger partial charge on any atom is 0.257 e. The number of hydrogen-bond donors (Lipinski definition) is 2. The summed E-state index contributed by atoms with van der Waals surface area (Å²) in [5.74, 6) is 0.897. The summed E-state index contributed by atoms with van der Waals surface area (Å²) in [4.78, 5) is 17.3. The van der Waals surface area contributed by atoms with Gasteiger partial charge in [0.1, 0.15) is 11.3 Å². The van der Waals surface area contributed by atoms with Crippen LogP contribution in [0.15, 0.2) is 65.1 Å². The molecule has 0 spiro atoms. The fraction of sp³-hybridized carbons (Fsp3) is 0.222. The van der Waals surface area contributed by atoms with Crippen molar-refractivity contribution in [3.8, 4) is 17.2 Å². The van der Waals surface area contributed by atoms with E-state index in [1.807, 2.05) is 44.2 Å². The number of hydrogen-bond acceptors (Lipinski definition) is 5. The highest BCUT2D eigenvalue weighted by Crippen LogP contribution is 2.27. The van der Waals surface area contributed by atoms with Crippen molar-refractivity contribution < 1.29 is 13.9 Å². The minimum Gasteiger partial charge on any atom is -0.491 e. The van der Waals surface area contributed by atoms with Gasteiger partial charge in [0.05, 0.1) is 6.10 Å². The minimum absolute atomic E-state index is 0.0723. The number of aryl methyl sites for hydroxylation is 2. The molecule has 7 heteroatoms. The van der Waals surface area contributed by atoms with Crippen LogP contribution >= 0.6 is 12.2 Å². The molecule has 0 unspecified atom stereocenters. The van der Waals surface area contributed by atoms with Crippen LogP contribution in [0.3, 0.4) is 0 Å². The third-order valence-corrected chi connectivity index (χ3v) is 5.84. The molecule has 4 rings (SSSR count). The Labute approximate surface area is 204 Å². The van der Waals surface area contributed by atoms with Crippen LogP contribution in [0.1, 0.15) is 41.8 Å². The lowest BCUT2D eigenvalue weighted by atomic mass is 10.1. The predicted molar refractivity (Wildman–Crippen MR) is 139 cm³/mol. The first-order valence-electron chi connectivity index (χ1n) is 11.2. The number of amides is 1. The largest absolute Gasteiger partial charge is 0.491 e. The number of nitrogens with one attached hydrogen (secondary N) is 2. The second-order valence-electron chi connectivity index (χ2n) is 8.27. The molecule has 0 aliphatic carbocycles. The molecular weight excluding hydrogens is 446 g/mol. The van der Waals surface area contributed by atoms with Gasteiger partial charge in [-0.3, -0.25) is 10.1 Å². The molecule has 0 saturated carbocycles. The lowest BCUT2D eigenvalue weighted by molar-refractivity contribution is 0.0977. The average Bonchev–Trinajstić information content (AvgIpc) is 3.24. The Morgan fingerprint density at radius 3 is 2.68 bits per heavy atom. The molecule has 1 atom stereocenters. The van der Waals surface area contributed by atoms with Gasteiger partial charge < -0.3 is 14.5 Å². The van der Waals surface area contributed by atoms with Crippen LogP contribution in [0.4, 0.5) is 5.69 Å². The van der Waals surface area contributed by atoms with Crippen LogP contribution in [0.2, 0.25) is 0 Å². The van der Waals surface area contributed by atoms with E-state index in [0.717, 1.165) is 12.0 Å². The second-order valence-corrected chi connectivity index (χ2v) is 8.68. The third-order valence-electron chi connectivity index (χ3n) is 5.63. The molecular formula is C27H27N3O3S. The van der Waals surface area contributed by atoms with Gasteiger partial charge in [0, 0.05) is 16.8 Å². The fourth-order valence-corrected chi connectivity index (χ4v) is 3.58. The van der Waals surface area contributed by atoms with Gasteiger partial charge in [-0.2, -0.15) is 0 Å². The van der Waals surface area contributed by atoms with Gasteiger partial charge in [-0.15, -0.1) is 0 Å². The maximum absolute atomic E-state index is 12.7. The predicted octanol–water partition coefficient (Wildman–Crippen LogP) is 6.42. The highest BCUT2D eigenvalue weighted by atomic mass is 32.1. The Balaban J connectivity index is 1.44. The Kier molecular flexibility index (Phi) is 6.93. The van der Waals surface area contributed by atoms with Crippen LogP contribution in [0.5, 0.6) is 5.75 Å². The van der Waals surface area contributed by atoms with Crippen molar-refractivity contribution in [2.24, 2.45) is 0 Å². The number of oxazole rings is 1. The number of carbonyl (C=O) groups is 1. The van der Waals surface area contributed by atoms with Gasteiger partial charge in [0.15, 0.2) is 10.7 Å². The summed E-state index contributed by atoms with van der Waals surface area (Å²) in [6.45, 7) is 8.17. The molecule has 0 radical (unpaired) electrons. The third kappa shape index (κ3) is 5.43. The molecule has 0 aliphatic heterocycles. The van der Waals surface area contributed by atoms with E-state index in [1.165, 1.54) is 11.1 Å². The summed E-state index contributed by atoms with van der Waals surface area (Å²) < 4.78 is 11.7. The second kappa shape index (κ2) is 10.1. The smallest absolute Gasteiger partial charge is 0.257 e. The molecule has 0 aliphatic rings. The molecule has 0 bridgehead atoms. The molecule has 1 heterocycles. The summed E-state index contributed by atoms with van der Waals surface area (Å²) in [6, 6.07) is 18.7. The van der Waals surface area contributed by atoms with Gasteiger partial charge in [0.2, 0.25) is 5.89 Å². The van der Waals surface area contributed by atoms with E-state index >= 15 is 0 Å². The standard InChI is InChI=1S/C27H27N3O3S/c1-5-18(4)32-22-8-6-7-19(14-22)25(31)30-27(34)28-21-11-12-24-23(15-21)29-26(33-24)20-10-9-16(2)17(3)13-20/h6-15,18H,5H2,1-4H3,(H2,28,30,31,34)/t18-/m1/s1. The molecule has 3 aromatic carbocycles. The lowest BCUT2D eigenvalue weighted by Gasteiger charge is -2.14. The van der Waals surface area contributed by atoms with Gasteiger partial charge >= 0.3 is 0 Å². The summed E-state index contributed by atoms with van der Waals surface area (Å²) in [7, 11) is 0. The van der Waals surface area contributed by atoms with Crippen LogP contribution in [0.25, 0.3) is 22.6 Å². The summed E-state index contributed by atoms with van der Waals surface area (Å²) >= 11 is 5.35. The molecule has 1 aromatic heterocycles. The monoisotopic (exact) mass is 473 g/mol. The zero-order valence-electron chi connectivity index (χ0n) is 19.6. The first-order valence-corrected chi connectivity index (χ1v) is 11.6. The fourth-order valence-electron chi connectivity index (χ4n) is 3.37. The van der Waals surface area contributed by atoms with Gasteiger partial charge in [0.25, 0.3) is 5.91 Å². The molecule has 1 amide bonds. The number of thiocarbonyl (C=S) groups is 1. The van der Waals surface area contributed by atoms with E-state index < -0.39 is 0 Å². The van der Waals surface area contributed by atoms with E-state index in [4.69, 9.17) is 21.4 Å². The van der Waals surface area contributed by atoms with Crippen molar-refractivity contribution in [2.75, 3.05) is 5.32 Å². The zero-order chi connectivity index (χ0) is 24.2. The van der Waals surface area contributed by atoms with Crippen molar-refractivity contribution >= 4 is 40.0 Å². The van der Waals surface area contributed by atoms with E-state index in [9.17, 15) is 4.79 Å². The highest BCUT2D eigenvalue weighted by molar-refractivity contribution is 7.80. The highest BCUT2D eigenvalue weighted by Gasteiger charge is 2.13.